The van der Waals surface area contributed by atoms with E-state index in [4.69, 9.17) is 9.15 Å². The van der Waals surface area contributed by atoms with Crippen molar-refractivity contribution in [1.82, 2.24) is 0 Å². The molecule has 0 amide bonds. The number of benzene rings is 2. The first-order chi connectivity index (χ1) is 13.0. The molecule has 1 heterocycles. The van der Waals surface area contributed by atoms with Gasteiger partial charge in [0.15, 0.2) is 12.4 Å². The molecular weight excluding hydrogens is 340 g/mol. The summed E-state index contributed by atoms with van der Waals surface area (Å²) in [4.78, 5) is 24.7. The summed E-state index contributed by atoms with van der Waals surface area (Å²) in [6.45, 7) is 3.80. The maximum absolute atomic E-state index is 12.4. The third-order valence-corrected chi connectivity index (χ3v) is 5.32. The summed E-state index contributed by atoms with van der Waals surface area (Å²) in [6, 6.07) is 11.2. The summed E-state index contributed by atoms with van der Waals surface area (Å²) in [7, 11) is 0. The van der Waals surface area contributed by atoms with Gasteiger partial charge in [0.2, 0.25) is 0 Å². The van der Waals surface area contributed by atoms with E-state index < -0.39 is 0 Å². The van der Waals surface area contributed by atoms with Gasteiger partial charge < -0.3 is 9.15 Å². The summed E-state index contributed by atoms with van der Waals surface area (Å²) >= 11 is 0. The van der Waals surface area contributed by atoms with Crippen molar-refractivity contribution in [3.8, 4) is 5.75 Å². The zero-order chi connectivity index (χ0) is 19.0. The topological polar surface area (TPSA) is 56.5 Å². The monoisotopic (exact) mass is 362 g/mol. The zero-order valence-corrected chi connectivity index (χ0v) is 15.6. The van der Waals surface area contributed by atoms with Gasteiger partial charge in [-0.2, -0.15) is 0 Å². The molecule has 0 saturated heterocycles. The lowest BCUT2D eigenvalue weighted by atomic mass is 9.90. The van der Waals surface area contributed by atoms with E-state index in [0.29, 0.717) is 16.9 Å². The second-order valence-corrected chi connectivity index (χ2v) is 7.20. The number of hydrogen-bond acceptors (Lipinski definition) is 4. The minimum atomic E-state index is -0.242. The van der Waals surface area contributed by atoms with Crippen molar-refractivity contribution >= 4 is 16.8 Å². The molecule has 0 aliphatic heterocycles. The van der Waals surface area contributed by atoms with E-state index in [-0.39, 0.29) is 18.0 Å². The molecule has 1 aliphatic rings. The Balaban J connectivity index is 1.63. The Bertz CT molecular complexity index is 1070. The molecule has 1 aliphatic carbocycles. The molecule has 0 spiro atoms. The molecule has 138 valence electrons. The molecule has 27 heavy (non-hydrogen) atoms. The lowest BCUT2D eigenvalue weighted by molar-refractivity contribution is 0.0921. The Labute approximate surface area is 157 Å². The molecule has 0 unspecified atom stereocenters. The van der Waals surface area contributed by atoms with Crippen LogP contribution in [0.4, 0.5) is 0 Å². The van der Waals surface area contributed by atoms with E-state index in [1.165, 1.54) is 0 Å². The van der Waals surface area contributed by atoms with Crippen molar-refractivity contribution in [3.63, 3.8) is 0 Å². The standard InChI is InChI=1S/C23H22O4/c1-14-7-9-16(10-8-14)20(24)13-26-21-12-11-18-17-5-3-4-6-19(17)23(25)27-22(18)15(21)2/h7-12H,3-6,13H2,1-2H3. The Morgan fingerprint density at radius 2 is 1.70 bits per heavy atom. The van der Waals surface area contributed by atoms with Gasteiger partial charge in [0.05, 0.1) is 0 Å². The molecule has 0 fully saturated rings. The van der Waals surface area contributed by atoms with E-state index in [0.717, 1.165) is 53.3 Å². The minimum Gasteiger partial charge on any atom is -0.485 e. The molecule has 3 aromatic rings. The Morgan fingerprint density at radius 3 is 2.44 bits per heavy atom. The van der Waals surface area contributed by atoms with Crippen LogP contribution >= 0.6 is 0 Å². The van der Waals surface area contributed by atoms with Gasteiger partial charge in [0.1, 0.15) is 11.3 Å². The summed E-state index contributed by atoms with van der Waals surface area (Å²) in [5.74, 6) is 0.489. The van der Waals surface area contributed by atoms with E-state index in [1.807, 2.05) is 38.1 Å². The molecule has 4 rings (SSSR count). The second-order valence-electron chi connectivity index (χ2n) is 7.20. The van der Waals surface area contributed by atoms with Crippen LogP contribution in [0.5, 0.6) is 5.75 Å². The molecule has 0 radical (unpaired) electrons. The van der Waals surface area contributed by atoms with Crippen LogP contribution in [0.2, 0.25) is 0 Å². The smallest absolute Gasteiger partial charge is 0.339 e. The zero-order valence-electron chi connectivity index (χ0n) is 15.6. The highest BCUT2D eigenvalue weighted by Gasteiger charge is 2.20. The van der Waals surface area contributed by atoms with Crippen molar-refractivity contribution in [2.75, 3.05) is 6.61 Å². The van der Waals surface area contributed by atoms with Gasteiger partial charge >= 0.3 is 5.63 Å². The van der Waals surface area contributed by atoms with E-state index >= 15 is 0 Å². The van der Waals surface area contributed by atoms with Crippen LogP contribution in [0, 0.1) is 13.8 Å². The predicted molar refractivity (Wildman–Crippen MR) is 105 cm³/mol. The molecule has 1 aromatic heterocycles. The molecule has 4 nitrogen and oxygen atoms in total. The lowest BCUT2D eigenvalue weighted by Crippen LogP contribution is -2.16. The molecular formula is C23H22O4. The molecule has 0 N–H and O–H groups in total. The van der Waals surface area contributed by atoms with Gasteiger partial charge in [0.25, 0.3) is 0 Å². The molecule has 0 saturated carbocycles. The van der Waals surface area contributed by atoms with Crippen LogP contribution in [-0.2, 0) is 12.8 Å². The largest absolute Gasteiger partial charge is 0.485 e. The summed E-state index contributed by atoms with van der Waals surface area (Å²) in [5, 5.41) is 0.985. The maximum atomic E-state index is 12.4. The van der Waals surface area contributed by atoms with Crippen molar-refractivity contribution in [3.05, 3.63) is 74.6 Å². The molecule has 2 aromatic carbocycles. The molecule has 0 atom stereocenters. The van der Waals surface area contributed by atoms with Crippen molar-refractivity contribution in [1.29, 1.82) is 0 Å². The first kappa shape index (κ1) is 17.5. The van der Waals surface area contributed by atoms with Gasteiger partial charge in [-0.25, -0.2) is 4.79 Å². The highest BCUT2D eigenvalue weighted by atomic mass is 16.5. The van der Waals surface area contributed by atoms with Crippen LogP contribution in [0.25, 0.3) is 11.0 Å². The normalized spacial score (nSPS) is 13.4. The van der Waals surface area contributed by atoms with Crippen molar-refractivity contribution in [2.45, 2.75) is 39.5 Å². The quantitative estimate of drug-likeness (QED) is 0.505. The minimum absolute atomic E-state index is 0.0510. The molecule has 4 heteroatoms. The first-order valence-corrected chi connectivity index (χ1v) is 9.35. The fourth-order valence-corrected chi connectivity index (χ4v) is 3.75. The Kier molecular flexibility index (Phi) is 4.56. The second kappa shape index (κ2) is 7.03. The number of hydrogen-bond donors (Lipinski definition) is 0. The average Bonchev–Trinajstić information content (AvgIpc) is 2.68. The number of carbonyl (C=O) groups excluding carboxylic acids is 1. The summed E-state index contributed by atoms with van der Waals surface area (Å²) < 4.78 is 11.4. The highest BCUT2D eigenvalue weighted by Crippen LogP contribution is 2.32. The van der Waals surface area contributed by atoms with Gasteiger partial charge in [-0.3, -0.25) is 4.79 Å². The van der Waals surface area contributed by atoms with Gasteiger partial charge in [-0.05, 0) is 57.2 Å². The SMILES string of the molecule is Cc1ccc(C(=O)COc2ccc3c4c(c(=O)oc3c2C)CCCC4)cc1. The van der Waals surface area contributed by atoms with Crippen LogP contribution in [0.3, 0.4) is 0 Å². The number of rotatable bonds is 4. The number of carbonyl (C=O) groups is 1. The van der Waals surface area contributed by atoms with Gasteiger partial charge in [-0.1, -0.05) is 29.8 Å². The summed E-state index contributed by atoms with van der Waals surface area (Å²) in [5.41, 5.74) is 4.74. The number of fused-ring (bicyclic) bond motifs is 3. The third kappa shape index (κ3) is 3.27. The van der Waals surface area contributed by atoms with Crippen LogP contribution in [-0.4, -0.2) is 12.4 Å². The number of ketones is 1. The third-order valence-electron chi connectivity index (χ3n) is 5.32. The van der Waals surface area contributed by atoms with E-state index in [1.54, 1.807) is 12.1 Å². The van der Waals surface area contributed by atoms with Crippen LogP contribution in [0.15, 0.2) is 45.6 Å². The first-order valence-electron chi connectivity index (χ1n) is 9.35. The lowest BCUT2D eigenvalue weighted by Gasteiger charge is -2.18. The fourth-order valence-electron chi connectivity index (χ4n) is 3.75. The van der Waals surface area contributed by atoms with Crippen LogP contribution < -0.4 is 10.4 Å². The van der Waals surface area contributed by atoms with Crippen LogP contribution in [0.1, 0.15) is 45.5 Å². The average molecular weight is 362 g/mol. The Morgan fingerprint density at radius 1 is 1.00 bits per heavy atom. The van der Waals surface area contributed by atoms with Gasteiger partial charge in [-0.15, -0.1) is 0 Å². The fraction of sp³-hybridized carbons (Fsp3) is 0.304. The number of ether oxygens (including phenoxy) is 1. The maximum Gasteiger partial charge on any atom is 0.339 e. The summed E-state index contributed by atoms with van der Waals surface area (Å²) in [6.07, 6.45) is 3.82. The molecule has 0 bridgehead atoms. The van der Waals surface area contributed by atoms with Crippen molar-refractivity contribution in [2.24, 2.45) is 0 Å². The highest BCUT2D eigenvalue weighted by molar-refractivity contribution is 5.97. The predicted octanol–water partition coefficient (Wildman–Crippen LogP) is 4.55. The van der Waals surface area contributed by atoms with E-state index in [9.17, 15) is 9.59 Å². The van der Waals surface area contributed by atoms with Crippen molar-refractivity contribution < 1.29 is 13.9 Å². The Hall–Kier alpha value is -2.88. The number of Topliss-reactive ketones (excluding diaryl/α,β-unsaturated/α-hetero) is 1. The number of aryl methyl sites for hydroxylation is 3. The van der Waals surface area contributed by atoms with Gasteiger partial charge in [0, 0.05) is 22.1 Å². The van der Waals surface area contributed by atoms with E-state index in [2.05, 4.69) is 0 Å².